The van der Waals surface area contributed by atoms with Crippen LogP contribution in [0.5, 0.6) is 0 Å². The van der Waals surface area contributed by atoms with Gasteiger partial charge >= 0.3 is 0 Å². The molecule has 0 aromatic carbocycles. The van der Waals surface area contributed by atoms with Gasteiger partial charge in [-0.25, -0.2) is 4.98 Å². The monoisotopic (exact) mass is 254 g/mol. The number of rotatable bonds is 6. The Kier molecular flexibility index (Phi) is 3.57. The molecular formula is C13H22N2OS. The second-order valence-electron chi connectivity index (χ2n) is 5.40. The lowest BCUT2D eigenvalue weighted by molar-refractivity contribution is 0.162. The average Bonchev–Trinajstić information content (AvgIpc) is 2.89. The molecule has 1 N–H and O–H groups in total. The van der Waals surface area contributed by atoms with E-state index in [0.29, 0.717) is 5.41 Å². The van der Waals surface area contributed by atoms with E-state index in [0.717, 1.165) is 18.8 Å². The minimum Gasteiger partial charge on any atom is -0.383 e. The predicted molar refractivity (Wildman–Crippen MR) is 71.4 cm³/mol. The first kappa shape index (κ1) is 13.0. The van der Waals surface area contributed by atoms with Crippen LogP contribution in [0.2, 0.25) is 0 Å². The van der Waals surface area contributed by atoms with Crippen LogP contribution in [0, 0.1) is 12.3 Å². The molecule has 0 radical (unpaired) electrons. The number of nitrogens with zero attached hydrogens (tertiary/aromatic N) is 1. The Morgan fingerprint density at radius 1 is 1.59 bits per heavy atom. The molecule has 1 aliphatic carbocycles. The van der Waals surface area contributed by atoms with Crippen LogP contribution in [-0.4, -0.2) is 25.2 Å². The molecule has 1 aromatic rings. The molecule has 0 bridgehead atoms. The van der Waals surface area contributed by atoms with Crippen LogP contribution < -0.4 is 5.32 Å². The molecule has 0 aliphatic heterocycles. The zero-order chi connectivity index (χ0) is 12.5. The first-order chi connectivity index (χ1) is 8.02. The third-order valence-corrected chi connectivity index (χ3v) is 5.22. The van der Waals surface area contributed by atoms with Crippen molar-refractivity contribution in [2.45, 2.75) is 39.2 Å². The van der Waals surface area contributed by atoms with Crippen LogP contribution in [0.25, 0.3) is 0 Å². The molecule has 4 heteroatoms. The number of aryl methyl sites for hydroxylation is 1. The van der Waals surface area contributed by atoms with E-state index >= 15 is 0 Å². The Hall–Kier alpha value is -0.450. The van der Waals surface area contributed by atoms with Crippen LogP contribution in [0.1, 0.15) is 37.4 Å². The minimum atomic E-state index is -0.00947. The first-order valence-electron chi connectivity index (χ1n) is 6.18. The van der Waals surface area contributed by atoms with Gasteiger partial charge < -0.3 is 10.1 Å². The van der Waals surface area contributed by atoms with E-state index in [4.69, 9.17) is 4.74 Å². The van der Waals surface area contributed by atoms with Gasteiger partial charge in [0.15, 0.2) is 0 Å². The SMILES string of the molecule is COCCNC(C)(c1nc(C)cs1)C1(C)CC1. The molecule has 1 aliphatic rings. The maximum Gasteiger partial charge on any atom is 0.113 e. The van der Waals surface area contributed by atoms with Crippen molar-refractivity contribution < 1.29 is 4.74 Å². The van der Waals surface area contributed by atoms with Crippen molar-refractivity contribution in [2.24, 2.45) is 5.41 Å². The molecule has 1 unspecified atom stereocenters. The molecule has 1 atom stereocenters. The van der Waals surface area contributed by atoms with Gasteiger partial charge in [-0.05, 0) is 32.1 Å². The Labute approximate surface area is 108 Å². The molecule has 0 spiro atoms. The van der Waals surface area contributed by atoms with Gasteiger partial charge in [0.1, 0.15) is 5.01 Å². The standard InChI is InChI=1S/C13H22N2OS/c1-10-9-17-11(15-10)13(3,12(2)5-6-12)14-7-8-16-4/h9,14H,5-8H2,1-4H3. The first-order valence-corrected chi connectivity index (χ1v) is 7.06. The summed E-state index contributed by atoms with van der Waals surface area (Å²) in [5, 5.41) is 7.00. The third-order valence-electron chi connectivity index (χ3n) is 4.04. The fraction of sp³-hybridized carbons (Fsp3) is 0.769. The number of hydrogen-bond donors (Lipinski definition) is 1. The van der Waals surface area contributed by atoms with Gasteiger partial charge in [0.2, 0.25) is 0 Å². The molecule has 1 fully saturated rings. The summed E-state index contributed by atoms with van der Waals surface area (Å²) in [5.41, 5.74) is 1.46. The molecular weight excluding hydrogens is 232 g/mol. The lowest BCUT2D eigenvalue weighted by Crippen LogP contribution is -2.47. The van der Waals surface area contributed by atoms with E-state index in [1.165, 1.54) is 17.8 Å². The number of hydrogen-bond acceptors (Lipinski definition) is 4. The van der Waals surface area contributed by atoms with E-state index in [2.05, 4.69) is 36.5 Å². The fourth-order valence-electron chi connectivity index (χ4n) is 2.22. The van der Waals surface area contributed by atoms with Crippen LogP contribution in [0.3, 0.4) is 0 Å². The normalized spacial score (nSPS) is 21.2. The number of nitrogens with one attached hydrogen (secondary N) is 1. The Bertz CT molecular complexity index is 387. The van der Waals surface area contributed by atoms with Crippen LogP contribution in [0.4, 0.5) is 0 Å². The van der Waals surface area contributed by atoms with E-state index in [1.54, 1.807) is 18.4 Å². The van der Waals surface area contributed by atoms with Crippen LogP contribution in [-0.2, 0) is 10.3 Å². The largest absolute Gasteiger partial charge is 0.383 e. The molecule has 1 saturated carbocycles. The van der Waals surface area contributed by atoms with Crippen LogP contribution in [0.15, 0.2) is 5.38 Å². The second kappa shape index (κ2) is 4.67. The minimum absolute atomic E-state index is 0.00947. The van der Waals surface area contributed by atoms with Crippen molar-refractivity contribution in [3.63, 3.8) is 0 Å². The Morgan fingerprint density at radius 3 is 2.76 bits per heavy atom. The van der Waals surface area contributed by atoms with Crippen molar-refractivity contribution in [1.29, 1.82) is 0 Å². The number of ether oxygens (including phenoxy) is 1. The lowest BCUT2D eigenvalue weighted by atomic mass is 9.84. The third kappa shape index (κ3) is 2.39. The Balaban J connectivity index is 2.18. The second-order valence-corrected chi connectivity index (χ2v) is 6.26. The molecule has 96 valence electrons. The maximum absolute atomic E-state index is 5.13. The summed E-state index contributed by atoms with van der Waals surface area (Å²) in [6, 6.07) is 0. The van der Waals surface area contributed by atoms with Gasteiger partial charge in [0.25, 0.3) is 0 Å². The van der Waals surface area contributed by atoms with Crippen LogP contribution >= 0.6 is 11.3 Å². The molecule has 1 aromatic heterocycles. The van der Waals surface area contributed by atoms with Gasteiger partial charge in [-0.3, -0.25) is 0 Å². The number of thiazole rings is 1. The summed E-state index contributed by atoms with van der Waals surface area (Å²) in [6.07, 6.45) is 2.56. The fourth-order valence-corrected chi connectivity index (χ4v) is 3.31. The Morgan fingerprint density at radius 2 is 2.29 bits per heavy atom. The highest BCUT2D eigenvalue weighted by atomic mass is 32.1. The van der Waals surface area contributed by atoms with E-state index in [1.807, 2.05) is 0 Å². The summed E-state index contributed by atoms with van der Waals surface area (Å²) >= 11 is 1.77. The zero-order valence-electron chi connectivity index (χ0n) is 11.2. The molecule has 0 amide bonds. The summed E-state index contributed by atoms with van der Waals surface area (Å²) in [5.74, 6) is 0. The van der Waals surface area contributed by atoms with Gasteiger partial charge in [-0.1, -0.05) is 6.92 Å². The highest BCUT2D eigenvalue weighted by Gasteiger charge is 2.55. The van der Waals surface area contributed by atoms with Crippen molar-refractivity contribution >= 4 is 11.3 Å². The zero-order valence-corrected chi connectivity index (χ0v) is 12.0. The van der Waals surface area contributed by atoms with Crippen molar-refractivity contribution in [1.82, 2.24) is 10.3 Å². The van der Waals surface area contributed by atoms with Gasteiger partial charge in [-0.2, -0.15) is 0 Å². The van der Waals surface area contributed by atoms with E-state index in [-0.39, 0.29) is 5.54 Å². The van der Waals surface area contributed by atoms with Gasteiger partial charge in [0.05, 0.1) is 12.1 Å². The summed E-state index contributed by atoms with van der Waals surface area (Å²) < 4.78 is 5.13. The molecule has 17 heavy (non-hydrogen) atoms. The van der Waals surface area contributed by atoms with Crippen molar-refractivity contribution in [3.05, 3.63) is 16.1 Å². The smallest absolute Gasteiger partial charge is 0.113 e. The lowest BCUT2D eigenvalue weighted by Gasteiger charge is -2.35. The number of methoxy groups -OCH3 is 1. The quantitative estimate of drug-likeness (QED) is 0.793. The maximum atomic E-state index is 5.13. The van der Waals surface area contributed by atoms with E-state index < -0.39 is 0 Å². The molecule has 0 saturated heterocycles. The predicted octanol–water partition coefficient (Wildman–Crippen LogP) is 2.70. The van der Waals surface area contributed by atoms with Gasteiger partial charge in [-0.15, -0.1) is 11.3 Å². The molecule has 2 rings (SSSR count). The number of aromatic nitrogens is 1. The molecule has 3 nitrogen and oxygen atoms in total. The summed E-state index contributed by atoms with van der Waals surface area (Å²) in [6.45, 7) is 8.32. The van der Waals surface area contributed by atoms with Crippen molar-refractivity contribution in [3.8, 4) is 0 Å². The summed E-state index contributed by atoms with van der Waals surface area (Å²) in [7, 11) is 1.74. The highest BCUT2D eigenvalue weighted by molar-refractivity contribution is 7.09. The summed E-state index contributed by atoms with van der Waals surface area (Å²) in [4.78, 5) is 4.68. The van der Waals surface area contributed by atoms with E-state index in [9.17, 15) is 0 Å². The topological polar surface area (TPSA) is 34.1 Å². The van der Waals surface area contributed by atoms with Gasteiger partial charge in [0, 0.05) is 24.7 Å². The molecule has 1 heterocycles. The average molecular weight is 254 g/mol. The highest BCUT2D eigenvalue weighted by Crippen LogP contribution is 2.58. The van der Waals surface area contributed by atoms with Crippen molar-refractivity contribution in [2.75, 3.05) is 20.3 Å².